The third-order valence-electron chi connectivity index (χ3n) is 2.35. The Kier molecular flexibility index (Phi) is 5.68. The van der Waals surface area contributed by atoms with E-state index in [2.05, 4.69) is 5.32 Å². The minimum Gasteiger partial charge on any atom is -0.481 e. The van der Waals surface area contributed by atoms with Gasteiger partial charge in [0.1, 0.15) is 5.82 Å². The Balaban J connectivity index is 3.01. The largest absolute Gasteiger partial charge is 0.481 e. The number of hydrazine groups is 1. The highest BCUT2D eigenvalue weighted by molar-refractivity contribution is 6.33. The summed E-state index contributed by atoms with van der Waals surface area (Å²) in [6.07, 6.45) is 0. The van der Waals surface area contributed by atoms with Gasteiger partial charge in [0.2, 0.25) is 5.90 Å². The van der Waals surface area contributed by atoms with E-state index in [1.54, 1.807) is 0 Å². The Hall–Kier alpha value is -1.90. The van der Waals surface area contributed by atoms with Crippen LogP contribution in [0, 0.1) is 11.2 Å². The van der Waals surface area contributed by atoms with Crippen LogP contribution in [-0.4, -0.2) is 42.3 Å². The number of rotatable bonds is 4. The minimum atomic E-state index is -0.810. The van der Waals surface area contributed by atoms with Gasteiger partial charge in [-0.25, -0.2) is 15.0 Å². The molecule has 0 fully saturated rings. The normalized spacial score (nSPS) is 10.1. The van der Waals surface area contributed by atoms with Crippen molar-refractivity contribution in [1.82, 2.24) is 5.01 Å². The number of aliphatic hydroxyl groups excluding tert-OH is 1. The van der Waals surface area contributed by atoms with E-state index in [0.717, 1.165) is 12.1 Å². The van der Waals surface area contributed by atoms with Crippen LogP contribution >= 0.6 is 11.6 Å². The molecule has 0 heterocycles. The molecule has 1 rings (SSSR count). The highest BCUT2D eigenvalue weighted by atomic mass is 35.5. The Morgan fingerprint density at radius 1 is 1.65 bits per heavy atom. The van der Waals surface area contributed by atoms with Gasteiger partial charge in [0, 0.05) is 0 Å². The predicted molar refractivity (Wildman–Crippen MR) is 72.2 cm³/mol. The van der Waals surface area contributed by atoms with Crippen molar-refractivity contribution in [2.75, 3.05) is 25.6 Å². The van der Waals surface area contributed by atoms with E-state index in [4.69, 9.17) is 32.7 Å². The molecule has 9 heteroatoms. The fourth-order valence-corrected chi connectivity index (χ4v) is 1.56. The number of halogens is 2. The van der Waals surface area contributed by atoms with Crippen molar-refractivity contribution in [2.24, 2.45) is 5.84 Å². The van der Waals surface area contributed by atoms with Crippen molar-refractivity contribution >= 4 is 29.2 Å². The van der Waals surface area contributed by atoms with Gasteiger partial charge in [0.25, 0.3) is 0 Å². The topological polar surface area (TPSA) is 112 Å². The van der Waals surface area contributed by atoms with Gasteiger partial charge in [0.15, 0.2) is 0 Å². The second kappa shape index (κ2) is 7.04. The van der Waals surface area contributed by atoms with Crippen molar-refractivity contribution < 1.29 is 19.0 Å². The summed E-state index contributed by atoms with van der Waals surface area (Å²) in [5, 5.41) is 19.0. The number of nitrogens with two attached hydrogens (primary N) is 1. The molecule has 110 valence electrons. The number of nitrogens with zero attached hydrogens (tertiary/aromatic N) is 1. The van der Waals surface area contributed by atoms with Gasteiger partial charge in [-0.3, -0.25) is 10.4 Å². The number of ether oxygens (including phenoxy) is 1. The number of carbonyl (C=O) groups is 1. The summed E-state index contributed by atoms with van der Waals surface area (Å²) in [5.41, 5.74) is -0.0822. The lowest BCUT2D eigenvalue weighted by molar-refractivity contribution is 0.190. The van der Waals surface area contributed by atoms with Crippen LogP contribution in [0.1, 0.15) is 5.56 Å². The molecule has 0 aliphatic carbocycles. The first kappa shape index (κ1) is 16.2. The molecule has 0 spiro atoms. The Labute approximate surface area is 119 Å². The molecule has 0 unspecified atom stereocenters. The molecule has 0 bridgehead atoms. The van der Waals surface area contributed by atoms with Crippen LogP contribution in [-0.2, 0) is 4.74 Å². The van der Waals surface area contributed by atoms with Crippen LogP contribution in [0.3, 0.4) is 0 Å². The number of amides is 2. The number of nitrogens with one attached hydrogen (secondary N) is 2. The Morgan fingerprint density at radius 2 is 2.30 bits per heavy atom. The van der Waals surface area contributed by atoms with E-state index in [-0.39, 0.29) is 35.3 Å². The highest BCUT2D eigenvalue weighted by Crippen LogP contribution is 2.25. The van der Waals surface area contributed by atoms with Crippen molar-refractivity contribution in [3.63, 3.8) is 0 Å². The van der Waals surface area contributed by atoms with Gasteiger partial charge in [-0.2, -0.15) is 0 Å². The van der Waals surface area contributed by atoms with Gasteiger partial charge >= 0.3 is 6.03 Å². The lowest BCUT2D eigenvalue weighted by atomic mass is 10.2. The summed E-state index contributed by atoms with van der Waals surface area (Å²) in [7, 11) is 1.27. The first-order valence-electron chi connectivity index (χ1n) is 5.46. The molecule has 1 aromatic rings. The predicted octanol–water partition coefficient (Wildman–Crippen LogP) is 1.15. The standard InChI is InChI=1S/C11H14ClFN4O3/c1-20-10(14)6-4-9(8(13)5-7(6)12)16-11(19)17(15)2-3-18/h4-5,14,18H,2-3,15H2,1H3,(H,16,19). The first-order valence-corrected chi connectivity index (χ1v) is 5.84. The van der Waals surface area contributed by atoms with E-state index < -0.39 is 11.8 Å². The molecule has 5 N–H and O–H groups in total. The number of hydrogen-bond acceptors (Lipinski definition) is 5. The third-order valence-corrected chi connectivity index (χ3v) is 2.66. The smallest absolute Gasteiger partial charge is 0.336 e. The maximum atomic E-state index is 13.7. The fourth-order valence-electron chi connectivity index (χ4n) is 1.33. The van der Waals surface area contributed by atoms with Gasteiger partial charge in [-0.15, -0.1) is 0 Å². The van der Waals surface area contributed by atoms with E-state index in [0.29, 0.717) is 5.01 Å². The zero-order valence-electron chi connectivity index (χ0n) is 10.6. The Morgan fingerprint density at radius 3 is 2.85 bits per heavy atom. The van der Waals surface area contributed by atoms with Crippen molar-refractivity contribution in [3.8, 4) is 0 Å². The first-order chi connectivity index (χ1) is 9.40. The van der Waals surface area contributed by atoms with Crippen LogP contribution in [0.2, 0.25) is 5.02 Å². The maximum Gasteiger partial charge on any atom is 0.336 e. The maximum absolute atomic E-state index is 13.7. The average Bonchev–Trinajstić information content (AvgIpc) is 2.41. The van der Waals surface area contributed by atoms with Crippen LogP contribution < -0.4 is 11.2 Å². The molecule has 7 nitrogen and oxygen atoms in total. The van der Waals surface area contributed by atoms with Gasteiger partial charge in [-0.05, 0) is 12.1 Å². The second-order valence-corrected chi connectivity index (χ2v) is 4.10. The minimum absolute atomic E-state index is 0.0210. The zero-order chi connectivity index (χ0) is 15.3. The van der Waals surface area contributed by atoms with Gasteiger partial charge in [0.05, 0.1) is 36.5 Å². The highest BCUT2D eigenvalue weighted by Gasteiger charge is 2.16. The molecule has 2 amide bonds. The zero-order valence-corrected chi connectivity index (χ0v) is 11.4. The van der Waals surface area contributed by atoms with Crippen LogP contribution in [0.4, 0.5) is 14.9 Å². The molecule has 0 saturated carbocycles. The number of aliphatic hydroxyl groups is 1. The van der Waals surface area contributed by atoms with Crippen LogP contribution in [0.25, 0.3) is 0 Å². The summed E-state index contributed by atoms with van der Waals surface area (Å²) >= 11 is 5.78. The number of benzene rings is 1. The molecule has 0 atom stereocenters. The number of hydrogen-bond donors (Lipinski definition) is 4. The van der Waals surface area contributed by atoms with Crippen molar-refractivity contribution in [2.45, 2.75) is 0 Å². The summed E-state index contributed by atoms with van der Waals surface area (Å²) in [4.78, 5) is 11.6. The molecule has 20 heavy (non-hydrogen) atoms. The summed E-state index contributed by atoms with van der Waals surface area (Å²) in [6, 6.07) is 1.30. The molecule has 0 saturated heterocycles. The fraction of sp³-hybridized carbons (Fsp3) is 0.273. The molecular formula is C11H14ClFN4O3. The summed E-state index contributed by atoms with van der Waals surface area (Å²) < 4.78 is 18.4. The number of anilines is 1. The molecule has 1 aromatic carbocycles. The number of methoxy groups -OCH3 is 1. The lowest BCUT2D eigenvalue weighted by Crippen LogP contribution is -2.42. The van der Waals surface area contributed by atoms with Crippen LogP contribution in [0.5, 0.6) is 0 Å². The van der Waals surface area contributed by atoms with E-state index in [1.165, 1.54) is 7.11 Å². The summed E-state index contributed by atoms with van der Waals surface area (Å²) in [6.45, 7) is -0.436. The quantitative estimate of drug-likeness (QED) is 0.220. The molecule has 0 aliphatic rings. The van der Waals surface area contributed by atoms with Crippen LogP contribution in [0.15, 0.2) is 12.1 Å². The molecule has 0 aliphatic heterocycles. The molecule has 0 radical (unpaired) electrons. The van der Waals surface area contributed by atoms with E-state index >= 15 is 0 Å². The number of carbonyl (C=O) groups excluding carboxylic acids is 1. The van der Waals surface area contributed by atoms with Crippen molar-refractivity contribution in [3.05, 3.63) is 28.5 Å². The van der Waals surface area contributed by atoms with E-state index in [1.807, 2.05) is 0 Å². The SMILES string of the molecule is COC(=N)c1cc(NC(=O)N(N)CCO)c(F)cc1Cl. The van der Waals surface area contributed by atoms with Gasteiger partial charge < -0.3 is 15.2 Å². The number of urea groups is 1. The third kappa shape index (κ3) is 3.80. The Bertz CT molecular complexity index is 527. The lowest BCUT2D eigenvalue weighted by Gasteiger charge is -2.17. The average molecular weight is 305 g/mol. The van der Waals surface area contributed by atoms with Crippen molar-refractivity contribution in [1.29, 1.82) is 5.41 Å². The molecule has 0 aromatic heterocycles. The molecular weight excluding hydrogens is 291 g/mol. The monoisotopic (exact) mass is 304 g/mol. The second-order valence-electron chi connectivity index (χ2n) is 3.69. The van der Waals surface area contributed by atoms with E-state index in [9.17, 15) is 9.18 Å². The van der Waals surface area contributed by atoms with Gasteiger partial charge in [-0.1, -0.05) is 11.6 Å². The summed E-state index contributed by atoms with van der Waals surface area (Å²) in [5.74, 6) is 4.27.